The second-order valence-electron chi connectivity index (χ2n) is 4.27. The van der Waals surface area contributed by atoms with Crippen LogP contribution in [0.5, 0.6) is 0 Å². The lowest BCUT2D eigenvalue weighted by Crippen LogP contribution is -2.42. The number of H-pyrrole nitrogens is 1. The molecule has 1 aromatic heterocycles. The van der Waals surface area contributed by atoms with E-state index in [9.17, 15) is 9.59 Å². The van der Waals surface area contributed by atoms with Crippen LogP contribution in [0, 0.1) is 5.92 Å². The number of nitrogens with one attached hydrogen (secondary N) is 3. The molecule has 1 aliphatic rings. The number of amides is 1. The van der Waals surface area contributed by atoms with Crippen molar-refractivity contribution in [3.8, 4) is 0 Å². The number of hydrogen-bond donors (Lipinski definition) is 3. The molecular weight excluding hydrogens is 236 g/mol. The lowest BCUT2D eigenvalue weighted by molar-refractivity contribution is -0.130. The van der Waals surface area contributed by atoms with E-state index in [-0.39, 0.29) is 17.5 Å². The molecule has 3 N–H and O–H groups in total. The number of nitrogens with zero attached hydrogens (tertiary/aromatic N) is 1. The van der Waals surface area contributed by atoms with Crippen molar-refractivity contribution in [2.24, 2.45) is 5.92 Å². The summed E-state index contributed by atoms with van der Waals surface area (Å²) in [5.74, 6) is -0.778. The normalized spacial score (nSPS) is 16.2. The van der Waals surface area contributed by atoms with E-state index in [1.807, 2.05) is 0 Å². The highest BCUT2D eigenvalue weighted by Gasteiger charge is 2.21. The van der Waals surface area contributed by atoms with Gasteiger partial charge in [0.2, 0.25) is 5.91 Å². The first-order chi connectivity index (χ1) is 8.77. The zero-order valence-corrected chi connectivity index (χ0v) is 9.94. The molecule has 0 atom stereocenters. The van der Waals surface area contributed by atoms with E-state index in [1.54, 1.807) is 0 Å². The van der Waals surface area contributed by atoms with Gasteiger partial charge >= 0.3 is 5.97 Å². The van der Waals surface area contributed by atoms with Gasteiger partial charge in [-0.1, -0.05) is 24.9 Å². The van der Waals surface area contributed by atoms with Gasteiger partial charge in [0.15, 0.2) is 5.69 Å². The highest BCUT2D eigenvalue weighted by molar-refractivity contribution is 5.86. The van der Waals surface area contributed by atoms with E-state index in [0.717, 1.165) is 25.7 Å². The third kappa shape index (κ3) is 3.30. The Morgan fingerprint density at radius 3 is 2.78 bits per heavy atom. The van der Waals surface area contributed by atoms with Crippen LogP contribution in [0.15, 0.2) is 12.5 Å². The molecule has 2 rings (SSSR count). The highest BCUT2D eigenvalue weighted by atomic mass is 16.7. The van der Waals surface area contributed by atoms with E-state index < -0.39 is 5.97 Å². The van der Waals surface area contributed by atoms with Crippen molar-refractivity contribution in [3.63, 3.8) is 0 Å². The number of carbonyl (C=O) groups is 2. The molecule has 1 saturated carbocycles. The summed E-state index contributed by atoms with van der Waals surface area (Å²) >= 11 is 0. The Bertz CT molecular complexity index is 398. The van der Waals surface area contributed by atoms with Gasteiger partial charge in [0, 0.05) is 12.1 Å². The van der Waals surface area contributed by atoms with Crippen LogP contribution in [0.4, 0.5) is 0 Å². The number of carbonyl (C=O) groups excluding carboxylic acids is 2. The summed E-state index contributed by atoms with van der Waals surface area (Å²) in [6, 6.07) is 0. The van der Waals surface area contributed by atoms with Crippen molar-refractivity contribution in [2.75, 3.05) is 0 Å². The predicted molar refractivity (Wildman–Crippen MR) is 61.9 cm³/mol. The summed E-state index contributed by atoms with van der Waals surface area (Å²) in [7, 11) is 0. The number of imidazole rings is 1. The van der Waals surface area contributed by atoms with Crippen LogP contribution in [0.1, 0.15) is 42.6 Å². The van der Waals surface area contributed by atoms with E-state index in [4.69, 9.17) is 0 Å². The van der Waals surface area contributed by atoms with E-state index in [2.05, 4.69) is 25.8 Å². The molecule has 0 aliphatic heterocycles. The van der Waals surface area contributed by atoms with Crippen LogP contribution in [0.2, 0.25) is 0 Å². The first-order valence-electron chi connectivity index (χ1n) is 6.02. The molecular formula is C11H16N4O3. The minimum Gasteiger partial charge on any atom is -0.350 e. The van der Waals surface area contributed by atoms with E-state index >= 15 is 0 Å². The number of hydrogen-bond acceptors (Lipinski definition) is 5. The molecule has 0 saturated heterocycles. The van der Waals surface area contributed by atoms with Crippen molar-refractivity contribution < 1.29 is 14.4 Å². The second kappa shape index (κ2) is 6.15. The summed E-state index contributed by atoms with van der Waals surface area (Å²) in [5.41, 5.74) is 4.69. The summed E-state index contributed by atoms with van der Waals surface area (Å²) < 4.78 is 0. The van der Waals surface area contributed by atoms with Crippen molar-refractivity contribution in [1.82, 2.24) is 21.0 Å². The molecule has 7 nitrogen and oxygen atoms in total. The molecule has 1 amide bonds. The van der Waals surface area contributed by atoms with Crippen LogP contribution >= 0.6 is 0 Å². The lowest BCUT2D eigenvalue weighted by Gasteiger charge is -2.20. The Kier molecular flexibility index (Phi) is 4.30. The average Bonchev–Trinajstić information content (AvgIpc) is 2.93. The van der Waals surface area contributed by atoms with Crippen LogP contribution in [0.3, 0.4) is 0 Å². The maximum atomic E-state index is 11.7. The van der Waals surface area contributed by atoms with Gasteiger partial charge in [-0.25, -0.2) is 9.78 Å². The van der Waals surface area contributed by atoms with Gasteiger partial charge in [-0.3, -0.25) is 10.2 Å². The number of hydrazine groups is 1. The molecule has 0 spiro atoms. The molecule has 1 heterocycles. The molecule has 0 aromatic carbocycles. The Morgan fingerprint density at radius 1 is 1.33 bits per heavy atom. The first-order valence-corrected chi connectivity index (χ1v) is 6.02. The van der Waals surface area contributed by atoms with Crippen molar-refractivity contribution in [1.29, 1.82) is 0 Å². The zero-order valence-electron chi connectivity index (χ0n) is 9.94. The predicted octanol–water partition coefficient (Wildman–Crippen LogP) is 0.683. The molecule has 1 aromatic rings. The van der Waals surface area contributed by atoms with E-state index in [0.29, 0.717) is 0 Å². The van der Waals surface area contributed by atoms with Gasteiger partial charge in [-0.05, 0) is 12.8 Å². The molecule has 7 heteroatoms. The van der Waals surface area contributed by atoms with Crippen LogP contribution in [0.25, 0.3) is 0 Å². The van der Waals surface area contributed by atoms with Gasteiger partial charge in [-0.15, -0.1) is 0 Å². The smallest absolute Gasteiger partial charge is 0.350 e. The third-order valence-corrected chi connectivity index (χ3v) is 3.00. The largest absolute Gasteiger partial charge is 0.378 e. The SMILES string of the molecule is O=C(ONNC(=O)C1CCCCC1)c1c[nH]cn1. The van der Waals surface area contributed by atoms with E-state index in [1.165, 1.54) is 18.9 Å². The summed E-state index contributed by atoms with van der Waals surface area (Å²) in [6.07, 6.45) is 7.90. The lowest BCUT2D eigenvalue weighted by atomic mass is 9.89. The van der Waals surface area contributed by atoms with Crippen molar-refractivity contribution in [2.45, 2.75) is 32.1 Å². The molecule has 1 fully saturated rings. The maximum absolute atomic E-state index is 11.7. The fourth-order valence-corrected chi connectivity index (χ4v) is 2.01. The average molecular weight is 252 g/mol. The van der Waals surface area contributed by atoms with Crippen LogP contribution in [-0.4, -0.2) is 21.8 Å². The fraction of sp³-hybridized carbons (Fsp3) is 0.545. The molecule has 1 aliphatic carbocycles. The fourth-order valence-electron chi connectivity index (χ4n) is 2.01. The van der Waals surface area contributed by atoms with Gasteiger partial charge in [-0.2, -0.15) is 0 Å². The molecule has 0 bridgehead atoms. The van der Waals surface area contributed by atoms with Gasteiger partial charge in [0.05, 0.1) is 6.33 Å². The highest BCUT2D eigenvalue weighted by Crippen LogP contribution is 2.23. The summed E-state index contributed by atoms with van der Waals surface area (Å²) in [5, 5.41) is 0. The first kappa shape index (κ1) is 12.6. The van der Waals surface area contributed by atoms with Crippen molar-refractivity contribution in [3.05, 3.63) is 18.2 Å². The topological polar surface area (TPSA) is 96.1 Å². The standard InChI is InChI=1S/C11H16N4O3/c16-10(8-4-2-1-3-5-8)14-15-18-11(17)9-6-12-7-13-9/h6-8,15H,1-5H2,(H,12,13)(H,14,16). The molecule has 98 valence electrons. The van der Waals surface area contributed by atoms with Crippen LogP contribution in [-0.2, 0) is 9.63 Å². The number of aromatic amines is 1. The van der Waals surface area contributed by atoms with Gasteiger partial charge in [0.1, 0.15) is 0 Å². The summed E-state index contributed by atoms with van der Waals surface area (Å²) in [4.78, 5) is 34.0. The monoisotopic (exact) mass is 252 g/mol. The van der Waals surface area contributed by atoms with Crippen molar-refractivity contribution >= 4 is 11.9 Å². The molecule has 0 radical (unpaired) electrons. The Hall–Kier alpha value is -1.89. The molecule has 18 heavy (non-hydrogen) atoms. The molecule has 0 unspecified atom stereocenters. The summed E-state index contributed by atoms with van der Waals surface area (Å²) in [6.45, 7) is 0. The maximum Gasteiger partial charge on any atom is 0.378 e. The zero-order chi connectivity index (χ0) is 12.8. The van der Waals surface area contributed by atoms with Gasteiger partial charge < -0.3 is 9.82 Å². The quantitative estimate of drug-likeness (QED) is 0.685. The minimum absolute atomic E-state index is 0.00957. The van der Waals surface area contributed by atoms with Gasteiger partial charge in [0.25, 0.3) is 0 Å². The second-order valence-corrected chi connectivity index (χ2v) is 4.27. The minimum atomic E-state index is -0.653. The Morgan fingerprint density at radius 2 is 2.11 bits per heavy atom. The number of aromatic nitrogens is 2. The third-order valence-electron chi connectivity index (χ3n) is 3.00. The number of rotatable bonds is 4. The Balaban J connectivity index is 1.68. The Labute approximate surface area is 104 Å². The van der Waals surface area contributed by atoms with Crippen LogP contribution < -0.4 is 11.0 Å².